The van der Waals surface area contributed by atoms with Gasteiger partial charge in [0.15, 0.2) is 0 Å². The van der Waals surface area contributed by atoms with Crippen molar-refractivity contribution in [3.05, 3.63) is 64.7 Å². The van der Waals surface area contributed by atoms with Crippen LogP contribution < -0.4 is 10.6 Å². The lowest BCUT2D eigenvalue weighted by Gasteiger charge is -2.24. The molecule has 6 heteroatoms. The molecule has 0 unspecified atom stereocenters. The van der Waals surface area contributed by atoms with Crippen molar-refractivity contribution in [2.24, 2.45) is 17.6 Å². The summed E-state index contributed by atoms with van der Waals surface area (Å²) in [5.74, 6) is 1.45. The van der Waals surface area contributed by atoms with Crippen LogP contribution in [0.15, 0.2) is 48.5 Å². The van der Waals surface area contributed by atoms with Crippen LogP contribution in [0.4, 0.5) is 5.69 Å². The highest BCUT2D eigenvalue weighted by atomic mass is 35.5. The lowest BCUT2D eigenvalue weighted by molar-refractivity contribution is -0.107. The number of carbonyl (C=O) groups is 2. The van der Waals surface area contributed by atoms with Crippen LogP contribution in [0.25, 0.3) is 0 Å². The minimum absolute atomic E-state index is 0.359. The molecule has 0 aliphatic heterocycles. The Bertz CT molecular complexity index is 822. The third-order valence-electron chi connectivity index (χ3n) is 5.74. The first-order valence-electron chi connectivity index (χ1n) is 12.7. The monoisotopic (exact) mass is 504 g/mol. The molecular weight excluding hydrogens is 460 g/mol. The van der Waals surface area contributed by atoms with Crippen LogP contribution in [0.1, 0.15) is 75.7 Å². The molecule has 3 rings (SSSR count). The Morgan fingerprint density at radius 2 is 1.71 bits per heavy atom. The number of halogens is 1. The third-order valence-corrected chi connectivity index (χ3v) is 5.99. The zero-order valence-electron chi connectivity index (χ0n) is 22.4. The molecule has 2 aromatic rings. The number of ether oxygens (including phenoxy) is 1. The van der Waals surface area contributed by atoms with Gasteiger partial charge in [0.25, 0.3) is 0 Å². The van der Waals surface area contributed by atoms with Crippen LogP contribution in [-0.4, -0.2) is 32.6 Å². The maximum absolute atomic E-state index is 11.4. The number of hydrogen-bond acceptors (Lipinski definition) is 4. The maximum Gasteiger partial charge on any atom is 0.338 e. The molecule has 1 amide bonds. The van der Waals surface area contributed by atoms with E-state index in [1.54, 1.807) is 17.0 Å². The van der Waals surface area contributed by atoms with Gasteiger partial charge in [-0.15, -0.1) is 0 Å². The van der Waals surface area contributed by atoms with Crippen molar-refractivity contribution in [2.45, 2.75) is 66.7 Å². The van der Waals surface area contributed by atoms with Gasteiger partial charge in [0.2, 0.25) is 6.41 Å². The molecule has 0 bridgehead atoms. The molecule has 0 heterocycles. The van der Waals surface area contributed by atoms with Crippen molar-refractivity contribution in [3.8, 4) is 0 Å². The average Bonchev–Trinajstić information content (AvgIpc) is 2.89. The fourth-order valence-electron chi connectivity index (χ4n) is 3.63. The summed E-state index contributed by atoms with van der Waals surface area (Å²) in [5.41, 5.74) is 7.68. The SMILES string of the molecule is CC.CC1CCC(CN)CC1.CCCN(C=O)c1ccc(C(=O)OC)c(C)c1.Clc1ccccc1. The number of anilines is 1. The van der Waals surface area contributed by atoms with Crippen molar-refractivity contribution in [1.29, 1.82) is 0 Å². The van der Waals surface area contributed by atoms with E-state index in [4.69, 9.17) is 17.3 Å². The number of nitrogens with zero attached hydrogens (tertiary/aromatic N) is 1. The Labute approximate surface area is 218 Å². The van der Waals surface area contributed by atoms with E-state index in [0.717, 1.165) is 47.5 Å². The van der Waals surface area contributed by atoms with Crippen LogP contribution in [0.2, 0.25) is 5.02 Å². The second kappa shape index (κ2) is 19.9. The van der Waals surface area contributed by atoms with Crippen LogP contribution in [0, 0.1) is 18.8 Å². The lowest BCUT2D eigenvalue weighted by atomic mass is 9.83. The summed E-state index contributed by atoms with van der Waals surface area (Å²) < 4.78 is 4.67. The molecule has 2 aromatic carbocycles. The van der Waals surface area contributed by atoms with Gasteiger partial charge in [-0.2, -0.15) is 0 Å². The van der Waals surface area contributed by atoms with E-state index < -0.39 is 0 Å². The Morgan fingerprint density at radius 1 is 1.11 bits per heavy atom. The number of amides is 1. The lowest BCUT2D eigenvalue weighted by Crippen LogP contribution is -2.22. The highest BCUT2D eigenvalue weighted by Crippen LogP contribution is 2.27. The summed E-state index contributed by atoms with van der Waals surface area (Å²) in [5, 5.41) is 0.794. The first-order valence-corrected chi connectivity index (χ1v) is 13.0. The normalized spacial score (nSPS) is 16.1. The van der Waals surface area contributed by atoms with Crippen molar-refractivity contribution in [2.75, 3.05) is 25.1 Å². The van der Waals surface area contributed by atoms with Gasteiger partial charge in [0.05, 0.1) is 12.7 Å². The number of aryl methyl sites for hydroxylation is 1. The minimum atomic E-state index is -0.359. The molecule has 0 aromatic heterocycles. The fraction of sp³-hybridized carbons (Fsp3) is 0.517. The highest BCUT2D eigenvalue weighted by Gasteiger charge is 2.16. The molecule has 1 aliphatic carbocycles. The molecular formula is C29H45ClN2O3. The minimum Gasteiger partial charge on any atom is -0.465 e. The van der Waals surface area contributed by atoms with Gasteiger partial charge < -0.3 is 15.4 Å². The average molecular weight is 505 g/mol. The zero-order valence-corrected chi connectivity index (χ0v) is 23.2. The van der Waals surface area contributed by atoms with E-state index in [1.807, 2.05) is 64.1 Å². The summed E-state index contributed by atoms with van der Waals surface area (Å²) in [6.07, 6.45) is 7.24. The first-order chi connectivity index (χ1) is 16.9. The van der Waals surface area contributed by atoms with Crippen molar-refractivity contribution in [1.82, 2.24) is 0 Å². The number of hydrogen-bond donors (Lipinski definition) is 1. The van der Waals surface area contributed by atoms with Crippen LogP contribution in [-0.2, 0) is 9.53 Å². The van der Waals surface area contributed by atoms with E-state index in [2.05, 4.69) is 11.7 Å². The summed E-state index contributed by atoms with van der Waals surface area (Å²) in [4.78, 5) is 23.9. The van der Waals surface area contributed by atoms with Crippen molar-refractivity contribution >= 4 is 29.7 Å². The topological polar surface area (TPSA) is 72.6 Å². The van der Waals surface area contributed by atoms with Crippen LogP contribution >= 0.6 is 11.6 Å². The van der Waals surface area contributed by atoms with Gasteiger partial charge in [-0.1, -0.05) is 70.3 Å². The quantitative estimate of drug-likeness (QED) is 0.331. The van der Waals surface area contributed by atoms with Gasteiger partial charge in [-0.25, -0.2) is 4.79 Å². The Morgan fingerprint density at radius 3 is 2.11 bits per heavy atom. The second-order valence-electron chi connectivity index (χ2n) is 8.45. The summed E-state index contributed by atoms with van der Waals surface area (Å²) >= 11 is 5.54. The Hall–Kier alpha value is -2.37. The molecule has 5 nitrogen and oxygen atoms in total. The molecule has 0 spiro atoms. The molecule has 0 atom stereocenters. The number of rotatable bonds is 6. The van der Waals surface area contributed by atoms with Gasteiger partial charge in [0.1, 0.15) is 0 Å². The van der Waals surface area contributed by atoms with Gasteiger partial charge in [-0.3, -0.25) is 4.79 Å². The second-order valence-corrected chi connectivity index (χ2v) is 8.88. The smallest absolute Gasteiger partial charge is 0.338 e. The zero-order chi connectivity index (χ0) is 26.6. The molecule has 0 radical (unpaired) electrons. The van der Waals surface area contributed by atoms with Crippen LogP contribution in [0.3, 0.4) is 0 Å². The number of esters is 1. The molecule has 1 fully saturated rings. The molecule has 0 saturated heterocycles. The van der Waals surface area contributed by atoms with E-state index in [-0.39, 0.29) is 5.97 Å². The van der Waals surface area contributed by atoms with E-state index in [9.17, 15) is 9.59 Å². The number of benzene rings is 2. The predicted molar refractivity (Wildman–Crippen MR) is 149 cm³/mol. The number of methoxy groups -OCH3 is 1. The Kier molecular flexibility index (Phi) is 18.5. The molecule has 2 N–H and O–H groups in total. The predicted octanol–water partition coefficient (Wildman–Crippen LogP) is 7.29. The highest BCUT2D eigenvalue weighted by molar-refractivity contribution is 6.30. The van der Waals surface area contributed by atoms with Crippen molar-refractivity contribution < 1.29 is 14.3 Å². The molecule has 35 heavy (non-hydrogen) atoms. The van der Waals surface area contributed by atoms with E-state index >= 15 is 0 Å². The number of nitrogens with two attached hydrogens (primary N) is 1. The summed E-state index contributed by atoms with van der Waals surface area (Å²) in [6, 6.07) is 14.7. The third kappa shape index (κ3) is 13.3. The number of carbonyl (C=O) groups excluding carboxylic acids is 2. The maximum atomic E-state index is 11.4. The van der Waals surface area contributed by atoms with Gasteiger partial charge in [0, 0.05) is 17.3 Å². The summed E-state index contributed by atoms with van der Waals surface area (Å²) in [7, 11) is 1.35. The van der Waals surface area contributed by atoms with Gasteiger partial charge >= 0.3 is 5.97 Å². The van der Waals surface area contributed by atoms with Gasteiger partial charge in [-0.05, 0) is 80.5 Å². The first kappa shape index (κ1) is 32.6. The summed E-state index contributed by atoms with van der Waals surface area (Å²) in [6.45, 7) is 11.7. The molecule has 196 valence electrons. The van der Waals surface area contributed by atoms with Crippen molar-refractivity contribution in [3.63, 3.8) is 0 Å². The van der Waals surface area contributed by atoms with E-state index in [0.29, 0.717) is 12.1 Å². The largest absolute Gasteiger partial charge is 0.465 e. The Balaban J connectivity index is 0.000000534. The van der Waals surface area contributed by atoms with Crippen LogP contribution in [0.5, 0.6) is 0 Å². The molecule has 1 aliphatic rings. The molecule has 1 saturated carbocycles. The van der Waals surface area contributed by atoms with E-state index in [1.165, 1.54) is 32.8 Å². The fourth-order valence-corrected chi connectivity index (χ4v) is 3.77. The standard InChI is InChI=1S/C13H17NO3.C8H17N.C6H5Cl.C2H6/c1-4-7-14(9-15)11-5-6-12(10(2)8-11)13(16)17-3;1-7-2-4-8(6-9)5-3-7;7-6-4-2-1-3-5-6;1-2/h5-6,8-9H,4,7H2,1-3H3;7-8H,2-6,9H2,1H3;1-5H;1-2H3.